The number of carbonyl (C=O) groups is 2. The highest BCUT2D eigenvalue weighted by molar-refractivity contribution is 5.97. The third-order valence-electron chi connectivity index (χ3n) is 6.10. The maximum Gasteiger partial charge on any atom is 0.317 e. The van der Waals surface area contributed by atoms with Crippen LogP contribution in [0.3, 0.4) is 0 Å². The molecule has 4 rings (SSSR count). The molecular formula is C21H28N2O4. The van der Waals surface area contributed by atoms with E-state index in [2.05, 4.69) is 5.32 Å². The van der Waals surface area contributed by atoms with Crippen LogP contribution in [0.15, 0.2) is 30.3 Å². The Morgan fingerprint density at radius 2 is 1.59 bits per heavy atom. The van der Waals surface area contributed by atoms with E-state index < -0.39 is 5.79 Å². The molecule has 0 radical (unpaired) electrons. The molecule has 2 saturated heterocycles. The molecule has 1 aliphatic carbocycles. The molecule has 1 spiro atoms. The molecule has 1 N–H and O–H groups in total. The number of likely N-dealkylation sites (tertiary alicyclic amines) is 1. The van der Waals surface area contributed by atoms with E-state index in [4.69, 9.17) is 9.47 Å². The van der Waals surface area contributed by atoms with Crippen LogP contribution in [0.5, 0.6) is 0 Å². The van der Waals surface area contributed by atoms with Crippen molar-refractivity contribution in [2.24, 2.45) is 5.92 Å². The van der Waals surface area contributed by atoms with Crippen LogP contribution in [0.4, 0.5) is 4.79 Å². The summed E-state index contributed by atoms with van der Waals surface area (Å²) in [6, 6.07) is 9.62. The fraction of sp³-hybridized carbons (Fsp3) is 0.619. The molecule has 0 unspecified atom stereocenters. The van der Waals surface area contributed by atoms with Gasteiger partial charge in [0.05, 0.1) is 13.2 Å². The Bertz CT molecular complexity index is 654. The highest BCUT2D eigenvalue weighted by Crippen LogP contribution is 2.35. The molecule has 0 aromatic heterocycles. The highest BCUT2D eigenvalue weighted by atomic mass is 16.7. The molecular weight excluding hydrogens is 344 g/mol. The lowest BCUT2D eigenvalue weighted by Crippen LogP contribution is -2.50. The number of nitrogens with zero attached hydrogens (tertiary/aromatic N) is 1. The van der Waals surface area contributed by atoms with Crippen LogP contribution in [0.1, 0.15) is 48.9 Å². The maximum absolute atomic E-state index is 12.6. The fourth-order valence-corrected chi connectivity index (χ4v) is 4.44. The van der Waals surface area contributed by atoms with Gasteiger partial charge in [0.25, 0.3) is 0 Å². The number of amides is 2. The standard InChI is InChI=1S/C21H28N2O4/c24-19(16-4-2-1-3-5-16)17-8-12-23(13-9-17)20(25)22-18-6-10-21(11-7-18)26-14-15-27-21/h1-5,17-18H,6-15H2,(H,22,25). The number of Topliss-reactive ketones (excluding diaryl/α,β-unsaturated/α-hetero) is 1. The molecule has 1 aromatic carbocycles. The summed E-state index contributed by atoms with van der Waals surface area (Å²) in [5, 5.41) is 3.16. The predicted octanol–water partition coefficient (Wildman–Crippen LogP) is 2.98. The number of carbonyl (C=O) groups excluding carboxylic acids is 2. The third-order valence-corrected chi connectivity index (χ3v) is 6.10. The van der Waals surface area contributed by atoms with Gasteiger partial charge in [-0.05, 0) is 25.7 Å². The van der Waals surface area contributed by atoms with Crippen LogP contribution in [-0.2, 0) is 9.47 Å². The van der Waals surface area contributed by atoms with Crippen molar-refractivity contribution in [3.8, 4) is 0 Å². The molecule has 2 heterocycles. The van der Waals surface area contributed by atoms with E-state index in [9.17, 15) is 9.59 Å². The van der Waals surface area contributed by atoms with Gasteiger partial charge in [0.2, 0.25) is 0 Å². The maximum atomic E-state index is 12.6. The first-order valence-corrected chi connectivity index (χ1v) is 10.1. The van der Waals surface area contributed by atoms with Crippen molar-refractivity contribution in [3.05, 3.63) is 35.9 Å². The molecule has 27 heavy (non-hydrogen) atoms. The van der Waals surface area contributed by atoms with Gasteiger partial charge in [-0.2, -0.15) is 0 Å². The number of hydrogen-bond donors (Lipinski definition) is 1. The zero-order valence-corrected chi connectivity index (χ0v) is 15.7. The number of benzene rings is 1. The van der Waals surface area contributed by atoms with Crippen molar-refractivity contribution in [1.82, 2.24) is 10.2 Å². The second kappa shape index (κ2) is 7.98. The normalized spacial score (nSPS) is 23.5. The molecule has 6 nitrogen and oxygen atoms in total. The molecule has 2 aliphatic heterocycles. The number of ether oxygens (including phenoxy) is 2. The second-order valence-corrected chi connectivity index (χ2v) is 7.82. The third kappa shape index (κ3) is 4.17. The van der Waals surface area contributed by atoms with Crippen LogP contribution < -0.4 is 5.32 Å². The Labute approximate surface area is 160 Å². The summed E-state index contributed by atoms with van der Waals surface area (Å²) in [6.07, 6.45) is 4.91. The zero-order valence-electron chi connectivity index (χ0n) is 15.7. The quantitative estimate of drug-likeness (QED) is 0.829. The minimum absolute atomic E-state index is 0.00480. The number of hydrogen-bond acceptors (Lipinski definition) is 4. The van der Waals surface area contributed by atoms with Gasteiger partial charge < -0.3 is 19.7 Å². The molecule has 3 fully saturated rings. The van der Waals surface area contributed by atoms with Gasteiger partial charge in [-0.3, -0.25) is 4.79 Å². The first-order chi connectivity index (χ1) is 13.2. The summed E-state index contributed by atoms with van der Waals surface area (Å²) in [5.74, 6) is -0.176. The lowest BCUT2D eigenvalue weighted by Gasteiger charge is -2.37. The van der Waals surface area contributed by atoms with E-state index in [1.807, 2.05) is 35.2 Å². The van der Waals surface area contributed by atoms with Gasteiger partial charge >= 0.3 is 6.03 Å². The molecule has 146 valence electrons. The number of piperidine rings is 1. The fourth-order valence-electron chi connectivity index (χ4n) is 4.44. The van der Waals surface area contributed by atoms with E-state index >= 15 is 0 Å². The summed E-state index contributed by atoms with van der Waals surface area (Å²) in [5.41, 5.74) is 0.771. The number of nitrogens with one attached hydrogen (secondary N) is 1. The lowest BCUT2D eigenvalue weighted by molar-refractivity contribution is -0.179. The summed E-state index contributed by atoms with van der Waals surface area (Å²) < 4.78 is 11.5. The highest BCUT2D eigenvalue weighted by Gasteiger charge is 2.41. The van der Waals surface area contributed by atoms with Gasteiger partial charge in [0.1, 0.15) is 0 Å². The average molecular weight is 372 g/mol. The SMILES string of the molecule is O=C(c1ccccc1)C1CCN(C(=O)NC2CCC3(CC2)OCCO3)CC1. The Balaban J connectivity index is 1.23. The summed E-state index contributed by atoms with van der Waals surface area (Å²) in [7, 11) is 0. The van der Waals surface area contributed by atoms with Crippen molar-refractivity contribution in [2.45, 2.75) is 50.4 Å². The largest absolute Gasteiger partial charge is 0.348 e. The van der Waals surface area contributed by atoms with Gasteiger partial charge in [-0.15, -0.1) is 0 Å². The second-order valence-electron chi connectivity index (χ2n) is 7.82. The van der Waals surface area contributed by atoms with Crippen molar-refractivity contribution in [2.75, 3.05) is 26.3 Å². The predicted molar refractivity (Wildman–Crippen MR) is 100 cm³/mol. The Hall–Kier alpha value is -1.92. The van der Waals surface area contributed by atoms with Gasteiger partial charge in [0.15, 0.2) is 11.6 Å². The van der Waals surface area contributed by atoms with Crippen molar-refractivity contribution >= 4 is 11.8 Å². The Morgan fingerprint density at radius 1 is 0.963 bits per heavy atom. The number of urea groups is 1. The van der Waals surface area contributed by atoms with E-state index in [1.165, 1.54) is 0 Å². The lowest BCUT2D eigenvalue weighted by atomic mass is 9.88. The molecule has 1 saturated carbocycles. The van der Waals surface area contributed by atoms with E-state index in [0.717, 1.165) is 44.1 Å². The Morgan fingerprint density at radius 3 is 2.22 bits per heavy atom. The van der Waals surface area contributed by atoms with Crippen LogP contribution in [0.2, 0.25) is 0 Å². The van der Waals surface area contributed by atoms with E-state index in [0.29, 0.717) is 26.3 Å². The minimum atomic E-state index is -0.391. The summed E-state index contributed by atoms with van der Waals surface area (Å²) in [6.45, 7) is 2.62. The number of ketones is 1. The summed E-state index contributed by atoms with van der Waals surface area (Å²) >= 11 is 0. The number of rotatable bonds is 3. The molecule has 1 aromatic rings. The van der Waals surface area contributed by atoms with Gasteiger partial charge in [-0.1, -0.05) is 30.3 Å². The first kappa shape index (κ1) is 18.4. The van der Waals surface area contributed by atoms with E-state index in [-0.39, 0.29) is 23.8 Å². The van der Waals surface area contributed by atoms with Crippen LogP contribution in [0.25, 0.3) is 0 Å². The first-order valence-electron chi connectivity index (χ1n) is 10.1. The van der Waals surface area contributed by atoms with Crippen LogP contribution in [-0.4, -0.2) is 54.8 Å². The van der Waals surface area contributed by atoms with Crippen LogP contribution in [0, 0.1) is 5.92 Å². The van der Waals surface area contributed by atoms with Crippen molar-refractivity contribution < 1.29 is 19.1 Å². The average Bonchev–Trinajstić information content (AvgIpc) is 3.18. The monoisotopic (exact) mass is 372 g/mol. The van der Waals surface area contributed by atoms with E-state index in [1.54, 1.807) is 0 Å². The smallest absolute Gasteiger partial charge is 0.317 e. The Kier molecular flexibility index (Phi) is 5.45. The van der Waals surface area contributed by atoms with Crippen molar-refractivity contribution in [3.63, 3.8) is 0 Å². The summed E-state index contributed by atoms with van der Waals surface area (Å²) in [4.78, 5) is 27.0. The molecule has 2 amide bonds. The molecule has 0 bridgehead atoms. The van der Waals surface area contributed by atoms with Crippen LogP contribution >= 0.6 is 0 Å². The van der Waals surface area contributed by atoms with Gasteiger partial charge in [-0.25, -0.2) is 4.79 Å². The zero-order chi connectivity index (χ0) is 18.7. The van der Waals surface area contributed by atoms with Crippen molar-refractivity contribution in [1.29, 1.82) is 0 Å². The molecule has 0 atom stereocenters. The molecule has 3 aliphatic rings. The topological polar surface area (TPSA) is 67.9 Å². The molecule has 6 heteroatoms. The minimum Gasteiger partial charge on any atom is -0.348 e. The van der Waals surface area contributed by atoms with Gasteiger partial charge in [0, 0.05) is 43.5 Å².